The first kappa shape index (κ1) is 20.9. The number of hydrogen-bond donors (Lipinski definition) is 2. The van der Waals surface area contributed by atoms with Crippen LogP contribution in [0.2, 0.25) is 0 Å². The van der Waals surface area contributed by atoms with Gasteiger partial charge < -0.3 is 15.2 Å². The van der Waals surface area contributed by atoms with Crippen LogP contribution in [-0.4, -0.2) is 33.7 Å². The number of thioether (sulfide) groups is 1. The number of aromatic nitrogens is 2. The number of anilines is 1. The summed E-state index contributed by atoms with van der Waals surface area (Å²) >= 11 is 1.38. The van der Waals surface area contributed by atoms with E-state index in [-0.39, 0.29) is 24.1 Å². The number of carbonyl (C=O) groups excluding carboxylic acids is 2. The molecule has 0 aliphatic heterocycles. The number of carbonyl (C=O) groups is 2. The first-order valence-electron chi connectivity index (χ1n) is 9.61. The number of nitrogens with one attached hydrogen (secondary N) is 2. The van der Waals surface area contributed by atoms with Crippen molar-refractivity contribution in [3.63, 3.8) is 0 Å². The summed E-state index contributed by atoms with van der Waals surface area (Å²) in [6.45, 7) is 8.72. The summed E-state index contributed by atoms with van der Waals surface area (Å²) in [5.74, 6) is -0.226. The van der Waals surface area contributed by atoms with E-state index < -0.39 is 0 Å². The maximum atomic E-state index is 12.2. The molecular weight excluding hydrogens is 384 g/mol. The van der Waals surface area contributed by atoms with Crippen LogP contribution >= 0.6 is 11.8 Å². The van der Waals surface area contributed by atoms with Crippen molar-refractivity contribution in [2.24, 2.45) is 0 Å². The highest BCUT2D eigenvalue weighted by atomic mass is 32.2. The van der Waals surface area contributed by atoms with E-state index in [9.17, 15) is 9.59 Å². The molecule has 0 saturated carbocycles. The van der Waals surface area contributed by atoms with E-state index in [1.807, 2.05) is 57.2 Å². The van der Waals surface area contributed by atoms with Crippen molar-refractivity contribution < 1.29 is 9.59 Å². The van der Waals surface area contributed by atoms with E-state index >= 15 is 0 Å². The number of benzene rings is 2. The molecule has 0 aliphatic rings. The van der Waals surface area contributed by atoms with Gasteiger partial charge in [0.25, 0.3) is 0 Å². The Hall–Kier alpha value is -2.80. The lowest BCUT2D eigenvalue weighted by Gasteiger charge is -2.13. The van der Waals surface area contributed by atoms with Gasteiger partial charge in [-0.2, -0.15) is 0 Å². The summed E-state index contributed by atoms with van der Waals surface area (Å²) < 4.78 is 2.09. The molecule has 2 N–H and O–H groups in total. The van der Waals surface area contributed by atoms with E-state index in [0.29, 0.717) is 0 Å². The van der Waals surface area contributed by atoms with Gasteiger partial charge in [-0.1, -0.05) is 41.6 Å². The van der Waals surface area contributed by atoms with Gasteiger partial charge in [0, 0.05) is 12.2 Å². The molecule has 0 unspecified atom stereocenters. The first-order valence-corrected chi connectivity index (χ1v) is 10.6. The molecule has 0 bridgehead atoms. The molecule has 7 heteroatoms. The summed E-state index contributed by atoms with van der Waals surface area (Å²) in [6, 6.07) is 12.0. The Morgan fingerprint density at radius 2 is 1.76 bits per heavy atom. The lowest BCUT2D eigenvalue weighted by atomic mass is 10.1. The smallest absolute Gasteiger partial charge is 0.243 e. The van der Waals surface area contributed by atoms with Crippen LogP contribution in [0, 0.1) is 20.8 Å². The van der Waals surface area contributed by atoms with Crippen molar-refractivity contribution in [3.8, 4) is 0 Å². The van der Waals surface area contributed by atoms with Crippen LogP contribution in [0.5, 0.6) is 0 Å². The summed E-state index contributed by atoms with van der Waals surface area (Å²) in [6.07, 6.45) is 0. The molecule has 3 aromatic rings. The molecule has 1 heterocycles. The summed E-state index contributed by atoms with van der Waals surface area (Å²) in [7, 11) is 0. The van der Waals surface area contributed by atoms with Crippen molar-refractivity contribution in [3.05, 3.63) is 53.1 Å². The second-order valence-electron chi connectivity index (χ2n) is 7.01. The summed E-state index contributed by atoms with van der Waals surface area (Å²) in [5.41, 5.74) is 5.95. The van der Waals surface area contributed by atoms with Crippen LogP contribution in [-0.2, 0) is 16.1 Å². The zero-order valence-corrected chi connectivity index (χ0v) is 18.0. The van der Waals surface area contributed by atoms with Gasteiger partial charge in [0.2, 0.25) is 11.8 Å². The van der Waals surface area contributed by atoms with E-state index in [1.54, 1.807) is 0 Å². The number of hydrogen-bond acceptors (Lipinski definition) is 4. The van der Waals surface area contributed by atoms with Gasteiger partial charge in [-0.15, -0.1) is 0 Å². The maximum Gasteiger partial charge on any atom is 0.243 e. The highest BCUT2D eigenvalue weighted by Gasteiger charge is 2.13. The zero-order chi connectivity index (χ0) is 21.0. The van der Waals surface area contributed by atoms with Gasteiger partial charge in [0.15, 0.2) is 5.16 Å². The molecule has 2 aromatic carbocycles. The third kappa shape index (κ3) is 4.98. The molecular formula is C22H26N4O2S. The van der Waals surface area contributed by atoms with Crippen molar-refractivity contribution in [1.29, 1.82) is 0 Å². The molecule has 0 fully saturated rings. The molecule has 0 spiro atoms. The van der Waals surface area contributed by atoms with Crippen LogP contribution in [0.1, 0.15) is 23.6 Å². The average Bonchev–Trinajstić information content (AvgIpc) is 3.05. The van der Waals surface area contributed by atoms with Gasteiger partial charge in [0.1, 0.15) is 0 Å². The fourth-order valence-electron chi connectivity index (χ4n) is 3.39. The molecule has 3 rings (SSSR count). The fraction of sp³-hybridized carbons (Fsp3) is 0.318. The predicted octanol–water partition coefficient (Wildman–Crippen LogP) is 3.83. The Kier molecular flexibility index (Phi) is 6.59. The predicted molar refractivity (Wildman–Crippen MR) is 118 cm³/mol. The van der Waals surface area contributed by atoms with E-state index in [4.69, 9.17) is 0 Å². The molecule has 0 radical (unpaired) electrons. The van der Waals surface area contributed by atoms with Gasteiger partial charge in [0.05, 0.1) is 23.3 Å². The largest absolute Gasteiger partial charge is 0.346 e. The Balaban J connectivity index is 1.54. The van der Waals surface area contributed by atoms with Crippen molar-refractivity contribution in [1.82, 2.24) is 14.9 Å². The quantitative estimate of drug-likeness (QED) is 0.581. The topological polar surface area (TPSA) is 76.0 Å². The highest BCUT2D eigenvalue weighted by molar-refractivity contribution is 7.99. The Bertz CT molecular complexity index is 1040. The van der Waals surface area contributed by atoms with Crippen LogP contribution in [0.3, 0.4) is 0 Å². The summed E-state index contributed by atoms with van der Waals surface area (Å²) in [4.78, 5) is 29.1. The molecule has 1 aromatic heterocycles. The standard InChI is InChI=1S/C22H26N4O2S/c1-5-26-18-9-7-6-8-17(18)24-22(26)29-13-20(28)23-12-19(27)25-21-15(3)10-14(2)11-16(21)4/h6-11H,5,12-13H2,1-4H3,(H,23,28)(H,25,27). The first-order chi connectivity index (χ1) is 13.9. The summed E-state index contributed by atoms with van der Waals surface area (Å²) in [5, 5.41) is 6.38. The zero-order valence-electron chi connectivity index (χ0n) is 17.2. The minimum Gasteiger partial charge on any atom is -0.346 e. The van der Waals surface area contributed by atoms with Crippen molar-refractivity contribution in [2.45, 2.75) is 39.4 Å². The second-order valence-corrected chi connectivity index (χ2v) is 7.96. The van der Waals surface area contributed by atoms with Gasteiger partial charge in [-0.05, 0) is 51.0 Å². The number of imidazole rings is 1. The number of fused-ring (bicyclic) bond motifs is 1. The van der Waals surface area contributed by atoms with Crippen molar-refractivity contribution >= 4 is 40.3 Å². The van der Waals surface area contributed by atoms with Crippen molar-refractivity contribution in [2.75, 3.05) is 17.6 Å². The second kappa shape index (κ2) is 9.13. The maximum absolute atomic E-state index is 12.2. The number of amides is 2. The third-order valence-electron chi connectivity index (χ3n) is 4.66. The number of nitrogens with zero attached hydrogens (tertiary/aromatic N) is 2. The fourth-order valence-corrected chi connectivity index (χ4v) is 4.30. The normalized spacial score (nSPS) is 10.9. The highest BCUT2D eigenvalue weighted by Crippen LogP contribution is 2.24. The average molecular weight is 411 g/mol. The van der Waals surface area contributed by atoms with Crippen LogP contribution in [0.15, 0.2) is 41.6 Å². The van der Waals surface area contributed by atoms with Crippen LogP contribution < -0.4 is 10.6 Å². The van der Waals surface area contributed by atoms with Gasteiger partial charge in [-0.25, -0.2) is 4.98 Å². The molecule has 29 heavy (non-hydrogen) atoms. The molecule has 0 saturated heterocycles. The Morgan fingerprint density at radius 3 is 2.45 bits per heavy atom. The molecule has 152 valence electrons. The Labute approximate surface area is 175 Å². The number of para-hydroxylation sites is 2. The lowest BCUT2D eigenvalue weighted by Crippen LogP contribution is -2.34. The number of rotatable bonds is 7. The number of aryl methyl sites for hydroxylation is 4. The minimum absolute atomic E-state index is 0.0592. The molecule has 0 aliphatic carbocycles. The Morgan fingerprint density at radius 1 is 1.07 bits per heavy atom. The van der Waals surface area contributed by atoms with Crippen LogP contribution in [0.4, 0.5) is 5.69 Å². The van der Waals surface area contributed by atoms with Crippen LogP contribution in [0.25, 0.3) is 11.0 Å². The van der Waals surface area contributed by atoms with Gasteiger partial charge >= 0.3 is 0 Å². The minimum atomic E-state index is -0.237. The van der Waals surface area contributed by atoms with E-state index in [0.717, 1.165) is 45.1 Å². The SMILES string of the molecule is CCn1c(SCC(=O)NCC(=O)Nc2c(C)cc(C)cc2C)nc2ccccc21. The molecule has 6 nitrogen and oxygen atoms in total. The van der Waals surface area contributed by atoms with E-state index in [1.165, 1.54) is 11.8 Å². The third-order valence-corrected chi connectivity index (χ3v) is 5.63. The van der Waals surface area contributed by atoms with Gasteiger partial charge in [-0.3, -0.25) is 9.59 Å². The van der Waals surface area contributed by atoms with E-state index in [2.05, 4.69) is 27.1 Å². The lowest BCUT2D eigenvalue weighted by molar-refractivity contribution is -0.122. The molecule has 0 atom stereocenters. The molecule has 2 amide bonds. The monoisotopic (exact) mass is 410 g/mol.